The van der Waals surface area contributed by atoms with Gasteiger partial charge in [-0.1, -0.05) is 43.3 Å². The maximum absolute atomic E-state index is 14.1. The molecule has 0 bridgehead atoms. The van der Waals surface area contributed by atoms with Crippen LogP contribution in [-0.2, 0) is 12.0 Å². The van der Waals surface area contributed by atoms with E-state index in [2.05, 4.69) is 11.4 Å². The van der Waals surface area contributed by atoms with Crippen molar-refractivity contribution in [1.29, 1.82) is 0 Å². The molecule has 2 unspecified atom stereocenters. The number of benzene rings is 2. The minimum Gasteiger partial charge on any atom is -0.383 e. The fraction of sp³-hybridized carbons (Fsp3) is 0.333. The monoisotopic (exact) mass is 285 g/mol. The van der Waals surface area contributed by atoms with Gasteiger partial charge in [0.25, 0.3) is 0 Å². The molecule has 3 heteroatoms. The Morgan fingerprint density at radius 1 is 1.19 bits per heavy atom. The van der Waals surface area contributed by atoms with E-state index in [1.165, 1.54) is 11.6 Å². The molecule has 0 amide bonds. The first-order valence-corrected chi connectivity index (χ1v) is 7.47. The molecule has 0 radical (unpaired) electrons. The molecule has 2 aromatic carbocycles. The van der Waals surface area contributed by atoms with Crippen LogP contribution in [0.3, 0.4) is 0 Å². The predicted molar refractivity (Wildman–Crippen MR) is 82.8 cm³/mol. The highest BCUT2D eigenvalue weighted by atomic mass is 19.1. The summed E-state index contributed by atoms with van der Waals surface area (Å²) < 4.78 is 14.1. The SMILES string of the molecule is CCC(O)(c1ccccc1F)C1CCc2ccccc2N1. The second-order valence-electron chi connectivity index (χ2n) is 5.65. The van der Waals surface area contributed by atoms with Gasteiger partial charge in [0.05, 0.1) is 6.04 Å². The van der Waals surface area contributed by atoms with Crippen molar-refractivity contribution in [3.63, 3.8) is 0 Å². The number of hydrogen-bond donors (Lipinski definition) is 2. The number of nitrogens with one attached hydrogen (secondary N) is 1. The molecule has 2 N–H and O–H groups in total. The van der Waals surface area contributed by atoms with Crippen molar-refractivity contribution < 1.29 is 9.50 Å². The van der Waals surface area contributed by atoms with Gasteiger partial charge in [0, 0.05) is 11.3 Å². The van der Waals surface area contributed by atoms with Crippen LogP contribution in [0.4, 0.5) is 10.1 Å². The fourth-order valence-corrected chi connectivity index (χ4v) is 3.23. The minimum absolute atomic E-state index is 0.186. The number of hydrogen-bond acceptors (Lipinski definition) is 2. The summed E-state index contributed by atoms with van der Waals surface area (Å²) >= 11 is 0. The van der Waals surface area contributed by atoms with Crippen LogP contribution >= 0.6 is 0 Å². The average Bonchev–Trinajstić information content (AvgIpc) is 2.54. The molecule has 110 valence electrons. The summed E-state index contributed by atoms with van der Waals surface area (Å²) in [7, 11) is 0. The number of rotatable bonds is 3. The standard InChI is InChI=1S/C18H20FNO/c1-2-18(21,14-8-4-5-9-15(14)19)17-12-11-13-7-3-6-10-16(13)20-17/h3-10,17,20-21H,2,11-12H2,1H3. The van der Waals surface area contributed by atoms with E-state index in [9.17, 15) is 9.50 Å². The summed E-state index contributed by atoms with van der Waals surface area (Å²) in [6, 6.07) is 14.4. The van der Waals surface area contributed by atoms with E-state index in [1.807, 2.05) is 25.1 Å². The van der Waals surface area contributed by atoms with Gasteiger partial charge in [0.1, 0.15) is 11.4 Å². The molecule has 0 saturated heterocycles. The number of aryl methyl sites for hydroxylation is 1. The fourth-order valence-electron chi connectivity index (χ4n) is 3.23. The topological polar surface area (TPSA) is 32.3 Å². The smallest absolute Gasteiger partial charge is 0.129 e. The first-order chi connectivity index (χ1) is 10.1. The van der Waals surface area contributed by atoms with Crippen LogP contribution < -0.4 is 5.32 Å². The number of anilines is 1. The van der Waals surface area contributed by atoms with Gasteiger partial charge in [0.2, 0.25) is 0 Å². The lowest BCUT2D eigenvalue weighted by Gasteiger charge is -2.40. The number of halogens is 1. The number of aliphatic hydroxyl groups is 1. The summed E-state index contributed by atoms with van der Waals surface area (Å²) in [6.07, 6.45) is 2.15. The molecule has 0 aromatic heterocycles. The van der Waals surface area contributed by atoms with Crippen LogP contribution in [0.2, 0.25) is 0 Å². The zero-order chi connectivity index (χ0) is 14.9. The molecule has 1 aliphatic rings. The lowest BCUT2D eigenvalue weighted by molar-refractivity contribution is 0.00552. The van der Waals surface area contributed by atoms with E-state index in [0.29, 0.717) is 12.0 Å². The van der Waals surface area contributed by atoms with Gasteiger partial charge in [-0.25, -0.2) is 4.39 Å². The van der Waals surface area contributed by atoms with Crippen LogP contribution in [0, 0.1) is 5.82 Å². The van der Waals surface area contributed by atoms with Crippen molar-refractivity contribution in [2.75, 3.05) is 5.32 Å². The summed E-state index contributed by atoms with van der Waals surface area (Å²) in [6.45, 7) is 1.90. The Bertz CT molecular complexity index is 643. The third-order valence-electron chi connectivity index (χ3n) is 4.51. The molecule has 2 nitrogen and oxygen atoms in total. The minimum atomic E-state index is -1.20. The van der Waals surface area contributed by atoms with Crippen molar-refractivity contribution in [2.24, 2.45) is 0 Å². The number of para-hydroxylation sites is 1. The molecule has 1 heterocycles. The quantitative estimate of drug-likeness (QED) is 0.897. The summed E-state index contributed by atoms with van der Waals surface area (Å²) in [4.78, 5) is 0. The van der Waals surface area contributed by atoms with Crippen LogP contribution in [0.5, 0.6) is 0 Å². The molecule has 2 aromatic rings. The van der Waals surface area contributed by atoms with E-state index in [0.717, 1.165) is 18.5 Å². The van der Waals surface area contributed by atoms with Crippen LogP contribution in [0.25, 0.3) is 0 Å². The second kappa shape index (κ2) is 5.49. The van der Waals surface area contributed by atoms with Crippen molar-refractivity contribution in [3.8, 4) is 0 Å². The Hall–Kier alpha value is -1.87. The van der Waals surface area contributed by atoms with Crippen LogP contribution in [0.15, 0.2) is 48.5 Å². The molecular formula is C18H20FNO. The summed E-state index contributed by atoms with van der Waals surface area (Å²) in [5.74, 6) is -0.345. The molecule has 0 fully saturated rings. The lowest BCUT2D eigenvalue weighted by atomic mass is 9.79. The molecule has 0 aliphatic carbocycles. The highest BCUT2D eigenvalue weighted by molar-refractivity contribution is 5.54. The van der Waals surface area contributed by atoms with Gasteiger partial charge >= 0.3 is 0 Å². The number of fused-ring (bicyclic) bond motifs is 1. The van der Waals surface area contributed by atoms with Gasteiger partial charge in [-0.05, 0) is 37.0 Å². The Balaban J connectivity index is 1.96. The van der Waals surface area contributed by atoms with E-state index in [4.69, 9.17) is 0 Å². The summed E-state index contributed by atoms with van der Waals surface area (Å²) in [5.41, 5.74) is 1.47. The predicted octanol–water partition coefficient (Wildman–Crippen LogP) is 3.85. The molecule has 21 heavy (non-hydrogen) atoms. The molecule has 2 atom stereocenters. The highest BCUT2D eigenvalue weighted by Crippen LogP contribution is 2.37. The van der Waals surface area contributed by atoms with Gasteiger partial charge < -0.3 is 10.4 Å². The zero-order valence-corrected chi connectivity index (χ0v) is 12.1. The molecular weight excluding hydrogens is 265 g/mol. The Morgan fingerprint density at radius 3 is 2.67 bits per heavy atom. The maximum atomic E-state index is 14.1. The Morgan fingerprint density at radius 2 is 1.90 bits per heavy atom. The first-order valence-electron chi connectivity index (χ1n) is 7.47. The van der Waals surface area contributed by atoms with Gasteiger partial charge in [-0.2, -0.15) is 0 Å². The van der Waals surface area contributed by atoms with Crippen LogP contribution in [0.1, 0.15) is 30.9 Å². The molecule has 3 rings (SSSR count). The third-order valence-corrected chi connectivity index (χ3v) is 4.51. The maximum Gasteiger partial charge on any atom is 0.129 e. The molecule has 1 aliphatic heterocycles. The highest BCUT2D eigenvalue weighted by Gasteiger charge is 2.40. The summed E-state index contributed by atoms with van der Waals surface area (Å²) in [5, 5.41) is 14.5. The van der Waals surface area contributed by atoms with Crippen molar-refractivity contribution >= 4 is 5.69 Å². The Labute approximate surface area is 124 Å². The van der Waals surface area contributed by atoms with Crippen molar-refractivity contribution in [3.05, 3.63) is 65.5 Å². The largest absolute Gasteiger partial charge is 0.383 e. The Kier molecular flexibility index (Phi) is 3.68. The third kappa shape index (κ3) is 2.42. The van der Waals surface area contributed by atoms with E-state index in [-0.39, 0.29) is 11.9 Å². The van der Waals surface area contributed by atoms with Gasteiger partial charge in [0.15, 0.2) is 0 Å². The first kappa shape index (κ1) is 14.1. The van der Waals surface area contributed by atoms with Gasteiger partial charge in [-0.15, -0.1) is 0 Å². The molecule has 0 spiro atoms. The van der Waals surface area contributed by atoms with Crippen molar-refractivity contribution in [1.82, 2.24) is 0 Å². The second-order valence-corrected chi connectivity index (χ2v) is 5.65. The lowest BCUT2D eigenvalue weighted by Crippen LogP contribution is -2.46. The van der Waals surface area contributed by atoms with Gasteiger partial charge in [-0.3, -0.25) is 0 Å². The van der Waals surface area contributed by atoms with Crippen LogP contribution in [-0.4, -0.2) is 11.1 Å². The van der Waals surface area contributed by atoms with E-state index >= 15 is 0 Å². The molecule has 0 saturated carbocycles. The van der Waals surface area contributed by atoms with Crippen molar-refractivity contribution in [2.45, 2.75) is 37.8 Å². The zero-order valence-electron chi connectivity index (χ0n) is 12.1. The average molecular weight is 285 g/mol. The van der Waals surface area contributed by atoms with E-state index < -0.39 is 5.60 Å². The van der Waals surface area contributed by atoms with E-state index in [1.54, 1.807) is 18.2 Å². The normalized spacial score (nSPS) is 20.2.